The largest absolute Gasteiger partial charge is 0.255 e. The van der Waals surface area contributed by atoms with E-state index in [1.165, 1.54) is 27.3 Å². The van der Waals surface area contributed by atoms with Crippen molar-refractivity contribution in [3.05, 3.63) is 225 Å². The Balaban J connectivity index is 1.12. The van der Waals surface area contributed by atoms with Crippen molar-refractivity contribution in [1.82, 2.24) is 24.9 Å². The van der Waals surface area contributed by atoms with Gasteiger partial charge in [0.05, 0.1) is 11.4 Å². The smallest absolute Gasteiger partial charge is 0.164 e. The van der Waals surface area contributed by atoms with E-state index in [-0.39, 0.29) is 0 Å². The van der Waals surface area contributed by atoms with Gasteiger partial charge in [-0.15, -0.1) is 0 Å². The summed E-state index contributed by atoms with van der Waals surface area (Å²) in [5, 5.41) is 9.14. The maximum Gasteiger partial charge on any atom is 0.164 e. The molecule has 5 heteroatoms. The maximum atomic E-state index is 5.36. The van der Waals surface area contributed by atoms with Gasteiger partial charge in [-0.1, -0.05) is 164 Å². The van der Waals surface area contributed by atoms with Crippen molar-refractivity contribution in [1.29, 1.82) is 0 Å². The summed E-state index contributed by atoms with van der Waals surface area (Å²) in [6.45, 7) is 0. The van der Waals surface area contributed by atoms with Crippen molar-refractivity contribution in [2.24, 2.45) is 0 Å². The van der Waals surface area contributed by atoms with Crippen LogP contribution in [-0.4, -0.2) is 24.9 Å². The minimum atomic E-state index is 0.582. The van der Waals surface area contributed by atoms with Crippen LogP contribution in [0.4, 0.5) is 0 Å². The Morgan fingerprint density at radius 3 is 1.52 bits per heavy atom. The Kier molecular flexibility index (Phi) is 9.08. The van der Waals surface area contributed by atoms with Gasteiger partial charge in [-0.3, -0.25) is 9.97 Å². The lowest BCUT2D eigenvalue weighted by atomic mass is 9.89. The number of pyridine rings is 2. The molecule has 64 heavy (non-hydrogen) atoms. The van der Waals surface area contributed by atoms with Crippen molar-refractivity contribution >= 4 is 43.1 Å². The van der Waals surface area contributed by atoms with Crippen LogP contribution in [-0.2, 0) is 0 Å². The average molecular weight is 816 g/mol. The van der Waals surface area contributed by atoms with Crippen molar-refractivity contribution in [3.8, 4) is 78.9 Å². The lowest BCUT2D eigenvalue weighted by Crippen LogP contribution is -2.01. The topological polar surface area (TPSA) is 64.5 Å². The highest BCUT2D eigenvalue weighted by Crippen LogP contribution is 2.41. The second-order valence-electron chi connectivity index (χ2n) is 16.1. The molecule has 0 saturated carbocycles. The molecule has 0 spiro atoms. The zero-order valence-electron chi connectivity index (χ0n) is 34.6. The molecule has 3 heterocycles. The first-order chi connectivity index (χ1) is 31.7. The molecule has 3 aromatic heterocycles. The molecule has 0 fully saturated rings. The Bertz CT molecular complexity index is 3610. The predicted octanol–water partition coefficient (Wildman–Crippen LogP) is 14.9. The fourth-order valence-corrected chi connectivity index (χ4v) is 9.05. The van der Waals surface area contributed by atoms with Crippen molar-refractivity contribution in [2.75, 3.05) is 0 Å². The van der Waals surface area contributed by atoms with Gasteiger partial charge in [-0.2, -0.15) is 0 Å². The molecule has 5 nitrogen and oxygen atoms in total. The van der Waals surface area contributed by atoms with E-state index < -0.39 is 0 Å². The summed E-state index contributed by atoms with van der Waals surface area (Å²) in [4.78, 5) is 25.5. The number of rotatable bonds is 7. The molecule has 298 valence electrons. The van der Waals surface area contributed by atoms with E-state index in [2.05, 4.69) is 193 Å². The van der Waals surface area contributed by atoms with E-state index in [0.717, 1.165) is 77.3 Å². The molecule has 0 aliphatic rings. The summed E-state index contributed by atoms with van der Waals surface area (Å²) in [5.41, 5.74) is 10.9. The van der Waals surface area contributed by atoms with Gasteiger partial charge in [-0.05, 0) is 119 Å². The lowest BCUT2D eigenvalue weighted by molar-refractivity contribution is 1.08. The van der Waals surface area contributed by atoms with E-state index in [0.29, 0.717) is 17.5 Å². The van der Waals surface area contributed by atoms with E-state index in [4.69, 9.17) is 19.9 Å². The summed E-state index contributed by atoms with van der Waals surface area (Å²) < 4.78 is 0. The number of nitrogens with zero attached hydrogens (tertiary/aromatic N) is 5. The molecule has 0 unspecified atom stereocenters. The van der Waals surface area contributed by atoms with Crippen LogP contribution in [0, 0.1) is 0 Å². The second-order valence-corrected chi connectivity index (χ2v) is 16.1. The molecule has 0 bridgehead atoms. The number of fused-ring (bicyclic) bond motifs is 5. The fraction of sp³-hybridized carbons (Fsp3) is 0. The molecule has 0 radical (unpaired) electrons. The van der Waals surface area contributed by atoms with Crippen molar-refractivity contribution in [3.63, 3.8) is 0 Å². The van der Waals surface area contributed by atoms with Gasteiger partial charge in [-0.25, -0.2) is 15.0 Å². The summed E-state index contributed by atoms with van der Waals surface area (Å²) in [5.74, 6) is 1.81. The Hall–Kier alpha value is -8.67. The maximum absolute atomic E-state index is 5.36. The predicted molar refractivity (Wildman–Crippen MR) is 263 cm³/mol. The quantitative estimate of drug-likeness (QED) is 0.150. The van der Waals surface area contributed by atoms with Gasteiger partial charge in [0.1, 0.15) is 0 Å². The SMILES string of the molecule is c1ccc(-c2ccc3c(-c4cc(-c5ccc(-c6ccccn6)nc5)cc(-c5nc(-c6cccc7ccccc67)nc(-c6cccc7ccccc67)n5)c4)cc4ccccc4c3c2)cc1. The van der Waals surface area contributed by atoms with Crippen LogP contribution in [0.15, 0.2) is 225 Å². The van der Waals surface area contributed by atoms with Crippen LogP contribution < -0.4 is 0 Å². The fourth-order valence-electron chi connectivity index (χ4n) is 9.05. The van der Waals surface area contributed by atoms with Crippen LogP contribution in [0.3, 0.4) is 0 Å². The average Bonchev–Trinajstić information content (AvgIpc) is 3.38. The summed E-state index contributed by atoms with van der Waals surface area (Å²) in [6, 6.07) is 74.6. The van der Waals surface area contributed by atoms with Crippen LogP contribution in [0.2, 0.25) is 0 Å². The molecular formula is C59H37N5. The monoisotopic (exact) mass is 815 g/mol. The van der Waals surface area contributed by atoms with Gasteiger partial charge in [0.15, 0.2) is 17.5 Å². The first-order valence-corrected chi connectivity index (χ1v) is 21.5. The molecule has 12 aromatic rings. The molecule has 0 N–H and O–H groups in total. The summed E-state index contributed by atoms with van der Waals surface area (Å²) in [6.07, 6.45) is 3.74. The van der Waals surface area contributed by atoms with Crippen LogP contribution >= 0.6 is 0 Å². The first kappa shape index (κ1) is 37.1. The molecule has 0 atom stereocenters. The van der Waals surface area contributed by atoms with Gasteiger partial charge in [0.25, 0.3) is 0 Å². The molecule has 0 aliphatic heterocycles. The van der Waals surface area contributed by atoms with Gasteiger partial charge in [0.2, 0.25) is 0 Å². The first-order valence-electron chi connectivity index (χ1n) is 21.5. The van der Waals surface area contributed by atoms with Gasteiger partial charge >= 0.3 is 0 Å². The lowest BCUT2D eigenvalue weighted by Gasteiger charge is -2.16. The highest BCUT2D eigenvalue weighted by molar-refractivity contribution is 6.15. The van der Waals surface area contributed by atoms with Crippen LogP contribution in [0.25, 0.3) is 122 Å². The second kappa shape index (κ2) is 15.7. The number of hydrogen-bond donors (Lipinski definition) is 0. The number of hydrogen-bond acceptors (Lipinski definition) is 5. The third-order valence-corrected chi connectivity index (χ3v) is 12.2. The van der Waals surface area contributed by atoms with E-state index in [9.17, 15) is 0 Å². The van der Waals surface area contributed by atoms with Gasteiger partial charge < -0.3 is 0 Å². The molecule has 12 rings (SSSR count). The van der Waals surface area contributed by atoms with Crippen molar-refractivity contribution in [2.45, 2.75) is 0 Å². The minimum absolute atomic E-state index is 0.582. The highest BCUT2D eigenvalue weighted by Gasteiger charge is 2.19. The number of benzene rings is 9. The summed E-state index contributed by atoms with van der Waals surface area (Å²) >= 11 is 0. The zero-order valence-corrected chi connectivity index (χ0v) is 34.6. The van der Waals surface area contributed by atoms with E-state index >= 15 is 0 Å². The number of aromatic nitrogens is 5. The Labute approximate surface area is 370 Å². The van der Waals surface area contributed by atoms with Gasteiger partial charge in [0, 0.05) is 34.6 Å². The van der Waals surface area contributed by atoms with Crippen LogP contribution in [0.5, 0.6) is 0 Å². The summed E-state index contributed by atoms with van der Waals surface area (Å²) in [7, 11) is 0. The molecule has 0 aliphatic carbocycles. The standard InChI is InChI=1S/C59H37N5/c1-2-14-38(15-3-1)41-27-29-50-53(36-42-18-6-9-23-49(42)54(50)35-41)45-32-44(43-28-30-56(61-37-43)55-26-10-11-31-60-55)33-46(34-45)57-62-58(51-24-12-19-39-16-4-7-21-47(39)51)64-59(63-57)52-25-13-20-40-17-5-8-22-48(40)52/h1-37H. The normalized spacial score (nSPS) is 11.4. The third kappa shape index (κ3) is 6.73. The molecule has 0 saturated heterocycles. The highest BCUT2D eigenvalue weighted by atomic mass is 15.0. The Morgan fingerprint density at radius 2 is 0.828 bits per heavy atom. The van der Waals surface area contributed by atoms with Crippen molar-refractivity contribution < 1.29 is 0 Å². The van der Waals surface area contributed by atoms with Crippen LogP contribution in [0.1, 0.15) is 0 Å². The zero-order chi connectivity index (χ0) is 42.4. The van der Waals surface area contributed by atoms with E-state index in [1.807, 2.05) is 30.5 Å². The molecule has 9 aromatic carbocycles. The minimum Gasteiger partial charge on any atom is -0.255 e. The Morgan fingerprint density at radius 1 is 0.250 bits per heavy atom. The van der Waals surface area contributed by atoms with E-state index in [1.54, 1.807) is 6.20 Å². The third-order valence-electron chi connectivity index (χ3n) is 12.2. The molecular weight excluding hydrogens is 779 g/mol. The molecule has 0 amide bonds.